The molecule has 0 saturated carbocycles. The molecule has 0 radical (unpaired) electrons. The van der Waals surface area contributed by atoms with Crippen LogP contribution in [0.1, 0.15) is 49.9 Å². The fraction of sp³-hybridized carbons (Fsp3) is 0.545. The van der Waals surface area contributed by atoms with Gasteiger partial charge in [0, 0.05) is 12.6 Å². The molecule has 9 heteroatoms. The van der Waals surface area contributed by atoms with E-state index in [0.29, 0.717) is 34.8 Å². The van der Waals surface area contributed by atoms with E-state index < -0.39 is 5.97 Å². The number of hydrogen-bond donors (Lipinski definition) is 1. The molecule has 8 nitrogen and oxygen atoms in total. The fourth-order valence-corrected chi connectivity index (χ4v) is 4.48. The first-order valence-corrected chi connectivity index (χ1v) is 11.6. The molecule has 0 bridgehead atoms. The van der Waals surface area contributed by atoms with Gasteiger partial charge in [-0.05, 0) is 44.4 Å². The van der Waals surface area contributed by atoms with Gasteiger partial charge >= 0.3 is 5.97 Å². The highest BCUT2D eigenvalue weighted by Gasteiger charge is 2.21. The molecule has 2 heterocycles. The van der Waals surface area contributed by atoms with Gasteiger partial charge in [0.25, 0.3) is 5.56 Å². The Morgan fingerprint density at radius 1 is 1.42 bits per heavy atom. The van der Waals surface area contributed by atoms with Gasteiger partial charge in [-0.1, -0.05) is 25.1 Å². The molecule has 1 fully saturated rings. The van der Waals surface area contributed by atoms with Crippen LogP contribution in [0, 0.1) is 0 Å². The van der Waals surface area contributed by atoms with E-state index in [9.17, 15) is 14.4 Å². The lowest BCUT2D eigenvalue weighted by atomic mass is 10.1. The summed E-state index contributed by atoms with van der Waals surface area (Å²) in [6.07, 6.45) is 3.69. The number of thioether (sulfide) groups is 1. The maximum absolute atomic E-state index is 13.2. The number of methoxy groups -OCH3 is 1. The summed E-state index contributed by atoms with van der Waals surface area (Å²) in [5.41, 5.74) is 0.513. The smallest absolute Gasteiger partial charge is 0.337 e. The van der Waals surface area contributed by atoms with Crippen LogP contribution in [0.2, 0.25) is 0 Å². The van der Waals surface area contributed by atoms with Crippen molar-refractivity contribution in [2.24, 2.45) is 0 Å². The van der Waals surface area contributed by atoms with Gasteiger partial charge < -0.3 is 14.8 Å². The monoisotopic (exact) mass is 447 g/mol. The van der Waals surface area contributed by atoms with Crippen molar-refractivity contribution in [3.8, 4) is 0 Å². The Morgan fingerprint density at radius 2 is 2.23 bits per heavy atom. The van der Waals surface area contributed by atoms with Crippen LogP contribution >= 0.6 is 11.8 Å². The van der Waals surface area contributed by atoms with E-state index >= 15 is 0 Å². The molecule has 0 aliphatic carbocycles. The van der Waals surface area contributed by atoms with E-state index in [1.54, 1.807) is 22.8 Å². The number of carbonyl (C=O) groups is 2. The molecule has 168 valence electrons. The van der Waals surface area contributed by atoms with Crippen LogP contribution in [0.3, 0.4) is 0 Å². The van der Waals surface area contributed by atoms with Crippen LogP contribution in [0.5, 0.6) is 0 Å². The maximum Gasteiger partial charge on any atom is 0.337 e. The predicted octanol–water partition coefficient (Wildman–Crippen LogP) is 2.76. The topological polar surface area (TPSA) is 99.5 Å². The Kier molecular flexibility index (Phi) is 8.09. The average Bonchev–Trinajstić information content (AvgIpc) is 3.27. The van der Waals surface area contributed by atoms with Crippen molar-refractivity contribution < 1.29 is 19.1 Å². The number of hydrogen-bond acceptors (Lipinski definition) is 7. The highest BCUT2D eigenvalue weighted by molar-refractivity contribution is 7.99. The SMILES string of the molecule is CCC[C@@H](C)NC(=O)CSc1nc2cc(C(=O)OC)ccc2c(=O)n1C[C@H]1CCCO1. The summed E-state index contributed by atoms with van der Waals surface area (Å²) in [5, 5.41) is 3.82. The second kappa shape index (κ2) is 10.8. The molecule has 1 aromatic heterocycles. The van der Waals surface area contributed by atoms with Crippen molar-refractivity contribution in [2.75, 3.05) is 19.5 Å². The lowest BCUT2D eigenvalue weighted by Crippen LogP contribution is -2.34. The van der Waals surface area contributed by atoms with Gasteiger partial charge in [0.2, 0.25) is 5.91 Å². The summed E-state index contributed by atoms with van der Waals surface area (Å²) in [6, 6.07) is 4.80. The number of aromatic nitrogens is 2. The predicted molar refractivity (Wildman–Crippen MR) is 120 cm³/mol. The second-order valence-electron chi connectivity index (χ2n) is 7.71. The highest BCUT2D eigenvalue weighted by atomic mass is 32.2. The van der Waals surface area contributed by atoms with Crippen LogP contribution < -0.4 is 10.9 Å². The minimum absolute atomic E-state index is 0.0518. The Balaban J connectivity index is 1.91. The van der Waals surface area contributed by atoms with Crippen molar-refractivity contribution in [3.05, 3.63) is 34.1 Å². The van der Waals surface area contributed by atoms with Gasteiger partial charge in [0.1, 0.15) is 0 Å². The molecule has 1 aromatic carbocycles. The summed E-state index contributed by atoms with van der Waals surface area (Å²) >= 11 is 1.22. The minimum atomic E-state index is -0.495. The van der Waals surface area contributed by atoms with Gasteiger partial charge in [0.15, 0.2) is 5.16 Å². The van der Waals surface area contributed by atoms with Gasteiger partial charge in [-0.3, -0.25) is 14.2 Å². The van der Waals surface area contributed by atoms with Gasteiger partial charge in [-0.25, -0.2) is 9.78 Å². The van der Waals surface area contributed by atoms with Gasteiger partial charge in [-0.15, -0.1) is 0 Å². The van der Waals surface area contributed by atoms with E-state index in [1.165, 1.54) is 18.9 Å². The molecule has 2 atom stereocenters. The zero-order valence-electron chi connectivity index (χ0n) is 18.2. The van der Waals surface area contributed by atoms with Crippen molar-refractivity contribution in [1.29, 1.82) is 0 Å². The standard InChI is InChI=1S/C22H29N3O5S/c1-4-6-14(2)23-19(26)13-31-22-24-18-11-15(21(28)29-3)8-9-17(18)20(27)25(22)12-16-7-5-10-30-16/h8-9,11,14,16H,4-7,10,12-13H2,1-3H3,(H,23,26)/t14-,16-/m1/s1. The number of nitrogens with zero attached hydrogens (tertiary/aromatic N) is 2. The molecule has 0 unspecified atom stereocenters. The van der Waals surface area contributed by atoms with Crippen LogP contribution in [-0.2, 0) is 20.8 Å². The van der Waals surface area contributed by atoms with Crippen molar-refractivity contribution in [2.45, 2.75) is 63.4 Å². The molecular formula is C22H29N3O5S. The molecule has 1 aliphatic rings. The summed E-state index contributed by atoms with van der Waals surface area (Å²) in [4.78, 5) is 42.1. The molecule has 1 amide bonds. The average molecular weight is 448 g/mol. The van der Waals surface area contributed by atoms with Crippen molar-refractivity contribution >= 4 is 34.5 Å². The number of esters is 1. The van der Waals surface area contributed by atoms with E-state index in [0.717, 1.165) is 25.7 Å². The number of rotatable bonds is 9. The number of nitrogens with one attached hydrogen (secondary N) is 1. The van der Waals surface area contributed by atoms with Gasteiger partial charge in [-0.2, -0.15) is 0 Å². The Labute approximate surface area is 185 Å². The van der Waals surface area contributed by atoms with Crippen LogP contribution in [0.4, 0.5) is 0 Å². The Morgan fingerprint density at radius 3 is 2.90 bits per heavy atom. The van der Waals surface area contributed by atoms with Crippen LogP contribution in [0.15, 0.2) is 28.2 Å². The number of benzene rings is 1. The Bertz CT molecular complexity index is 1000. The lowest BCUT2D eigenvalue weighted by Gasteiger charge is -2.17. The number of carbonyl (C=O) groups excluding carboxylic acids is 2. The molecule has 1 N–H and O–H groups in total. The molecular weight excluding hydrogens is 418 g/mol. The first-order chi connectivity index (χ1) is 14.9. The molecule has 2 aromatic rings. The number of amides is 1. The quantitative estimate of drug-likeness (QED) is 0.358. The number of fused-ring (bicyclic) bond motifs is 1. The van der Waals surface area contributed by atoms with Crippen LogP contribution in [-0.4, -0.2) is 53.0 Å². The molecule has 3 rings (SSSR count). The molecule has 31 heavy (non-hydrogen) atoms. The first-order valence-electron chi connectivity index (χ1n) is 10.6. The summed E-state index contributed by atoms with van der Waals surface area (Å²) in [7, 11) is 1.30. The second-order valence-corrected chi connectivity index (χ2v) is 8.66. The molecule has 1 saturated heterocycles. The van der Waals surface area contributed by atoms with Crippen molar-refractivity contribution in [1.82, 2.24) is 14.9 Å². The Hall–Kier alpha value is -2.39. The molecule has 1 aliphatic heterocycles. The normalized spacial score (nSPS) is 16.9. The zero-order valence-corrected chi connectivity index (χ0v) is 19.0. The first kappa shape index (κ1) is 23.3. The summed E-state index contributed by atoms with van der Waals surface area (Å²) < 4.78 is 12.1. The lowest BCUT2D eigenvalue weighted by molar-refractivity contribution is -0.119. The summed E-state index contributed by atoms with van der Waals surface area (Å²) in [6.45, 7) is 5.12. The van der Waals surface area contributed by atoms with E-state index in [-0.39, 0.29) is 29.4 Å². The van der Waals surface area contributed by atoms with E-state index in [1.807, 2.05) is 6.92 Å². The van der Waals surface area contributed by atoms with E-state index in [4.69, 9.17) is 9.47 Å². The molecule has 0 spiro atoms. The summed E-state index contributed by atoms with van der Waals surface area (Å²) in [5.74, 6) is -0.452. The zero-order chi connectivity index (χ0) is 22.4. The third-order valence-electron chi connectivity index (χ3n) is 5.21. The maximum atomic E-state index is 13.2. The van der Waals surface area contributed by atoms with Crippen LogP contribution in [0.25, 0.3) is 10.9 Å². The minimum Gasteiger partial charge on any atom is -0.465 e. The highest BCUT2D eigenvalue weighted by Crippen LogP contribution is 2.22. The van der Waals surface area contributed by atoms with E-state index in [2.05, 4.69) is 17.2 Å². The number of ether oxygens (including phenoxy) is 2. The largest absolute Gasteiger partial charge is 0.465 e. The van der Waals surface area contributed by atoms with Crippen molar-refractivity contribution in [3.63, 3.8) is 0 Å². The third kappa shape index (κ3) is 5.86. The van der Waals surface area contributed by atoms with Gasteiger partial charge in [0.05, 0.1) is 42.0 Å². The fourth-order valence-electron chi connectivity index (χ4n) is 3.66. The third-order valence-corrected chi connectivity index (χ3v) is 6.19.